The number of benzene rings is 2. The van der Waals surface area contributed by atoms with E-state index in [2.05, 4.69) is 0 Å². The molecule has 78 valence electrons. The van der Waals surface area contributed by atoms with Crippen LogP contribution in [0.5, 0.6) is 5.75 Å². The number of aromatic hydroxyl groups is 1. The van der Waals surface area contributed by atoms with Gasteiger partial charge in [0.15, 0.2) is 0 Å². The minimum atomic E-state index is -0.426. The summed E-state index contributed by atoms with van der Waals surface area (Å²) in [5, 5.41) is 11.4. The van der Waals surface area contributed by atoms with Crippen LogP contribution < -0.4 is 5.63 Å². The highest BCUT2D eigenvalue weighted by atomic mass is 16.4. The minimum Gasteiger partial charge on any atom is -0.508 e. The van der Waals surface area contributed by atoms with E-state index in [1.807, 2.05) is 18.2 Å². The lowest BCUT2D eigenvalue weighted by molar-refractivity contribution is 0.475. The molecular weight excluding hydrogens is 204 g/mol. The van der Waals surface area contributed by atoms with Gasteiger partial charge in [0, 0.05) is 10.8 Å². The van der Waals surface area contributed by atoms with E-state index in [1.165, 1.54) is 6.07 Å². The summed E-state index contributed by atoms with van der Waals surface area (Å²) in [5.41, 5.74) is 0.135. The van der Waals surface area contributed by atoms with Gasteiger partial charge in [0.25, 0.3) is 0 Å². The van der Waals surface area contributed by atoms with Crippen LogP contribution in [0, 0.1) is 0 Å². The monoisotopic (exact) mass is 212 g/mol. The summed E-state index contributed by atoms with van der Waals surface area (Å²) in [5.74, 6) is 0.0649. The number of hydrogen-bond donors (Lipinski definition) is 1. The largest absolute Gasteiger partial charge is 0.508 e. The van der Waals surface area contributed by atoms with Gasteiger partial charge >= 0.3 is 5.63 Å². The molecule has 0 saturated carbocycles. The molecule has 3 heteroatoms. The predicted octanol–water partition coefficient (Wildman–Crippen LogP) is 2.65. The van der Waals surface area contributed by atoms with E-state index in [-0.39, 0.29) is 5.75 Å². The maximum absolute atomic E-state index is 11.7. The maximum atomic E-state index is 11.7. The van der Waals surface area contributed by atoms with Crippen molar-refractivity contribution in [3.63, 3.8) is 0 Å². The Morgan fingerprint density at radius 1 is 0.938 bits per heavy atom. The molecule has 3 nitrogen and oxygen atoms in total. The highest BCUT2D eigenvalue weighted by molar-refractivity contribution is 6.04. The van der Waals surface area contributed by atoms with Gasteiger partial charge in [0.2, 0.25) is 0 Å². The van der Waals surface area contributed by atoms with E-state index in [0.717, 1.165) is 10.8 Å². The minimum absolute atomic E-state index is 0.0649. The molecule has 0 aliphatic rings. The highest BCUT2D eigenvalue weighted by Crippen LogP contribution is 2.24. The summed E-state index contributed by atoms with van der Waals surface area (Å²) in [4.78, 5) is 11.7. The summed E-state index contributed by atoms with van der Waals surface area (Å²) in [6.45, 7) is 0. The summed E-state index contributed by atoms with van der Waals surface area (Å²) in [7, 11) is 0. The Hall–Kier alpha value is -2.29. The van der Waals surface area contributed by atoms with Crippen LogP contribution >= 0.6 is 0 Å². The van der Waals surface area contributed by atoms with Crippen molar-refractivity contribution < 1.29 is 9.52 Å². The molecule has 0 fully saturated rings. The van der Waals surface area contributed by atoms with Crippen LogP contribution in [-0.4, -0.2) is 5.11 Å². The number of phenolic OH excluding ortho intramolecular Hbond substituents is 1. The van der Waals surface area contributed by atoms with Crippen molar-refractivity contribution in [2.75, 3.05) is 0 Å². The molecule has 3 aromatic rings. The zero-order valence-electron chi connectivity index (χ0n) is 8.31. The van der Waals surface area contributed by atoms with Crippen molar-refractivity contribution in [1.29, 1.82) is 0 Å². The topological polar surface area (TPSA) is 50.4 Å². The second kappa shape index (κ2) is 3.10. The Labute approximate surface area is 90.6 Å². The summed E-state index contributed by atoms with van der Waals surface area (Å²) in [6.07, 6.45) is 0. The molecule has 0 bridgehead atoms. The maximum Gasteiger partial charge on any atom is 0.344 e. The van der Waals surface area contributed by atoms with Gasteiger partial charge < -0.3 is 9.52 Å². The lowest BCUT2D eigenvalue weighted by Crippen LogP contribution is -1.99. The quantitative estimate of drug-likeness (QED) is 0.460. The molecule has 0 atom stereocenters. The van der Waals surface area contributed by atoms with Gasteiger partial charge in [-0.3, -0.25) is 0 Å². The van der Waals surface area contributed by atoms with Crippen LogP contribution in [-0.2, 0) is 0 Å². The SMILES string of the molecule is O=c1oc2ccccc2c2ccc(O)cc12. The molecule has 0 aliphatic heterocycles. The highest BCUT2D eigenvalue weighted by Gasteiger charge is 2.06. The third kappa shape index (κ3) is 1.18. The fraction of sp³-hybridized carbons (Fsp3) is 0. The number of fused-ring (bicyclic) bond motifs is 3. The molecule has 0 unspecified atom stereocenters. The predicted molar refractivity (Wildman–Crippen MR) is 61.7 cm³/mol. The first kappa shape index (κ1) is 8.97. The summed E-state index contributed by atoms with van der Waals surface area (Å²) >= 11 is 0. The van der Waals surface area contributed by atoms with E-state index in [9.17, 15) is 9.90 Å². The van der Waals surface area contributed by atoms with Crippen molar-refractivity contribution in [2.24, 2.45) is 0 Å². The van der Waals surface area contributed by atoms with Crippen LogP contribution in [0.3, 0.4) is 0 Å². The number of hydrogen-bond acceptors (Lipinski definition) is 3. The van der Waals surface area contributed by atoms with Crippen molar-refractivity contribution in [3.8, 4) is 5.75 Å². The van der Waals surface area contributed by atoms with Crippen molar-refractivity contribution in [3.05, 3.63) is 52.9 Å². The molecule has 16 heavy (non-hydrogen) atoms. The summed E-state index contributed by atoms with van der Waals surface area (Å²) in [6, 6.07) is 12.1. The van der Waals surface area contributed by atoms with E-state index in [4.69, 9.17) is 4.42 Å². The molecule has 1 N–H and O–H groups in total. The number of rotatable bonds is 0. The zero-order valence-corrected chi connectivity index (χ0v) is 8.31. The summed E-state index contributed by atoms with van der Waals surface area (Å²) < 4.78 is 5.16. The standard InChI is InChI=1S/C13H8O3/c14-8-5-6-9-10-3-1-2-4-12(10)16-13(15)11(9)7-8/h1-7,14H. The Morgan fingerprint density at radius 3 is 2.62 bits per heavy atom. The van der Waals surface area contributed by atoms with Crippen LogP contribution in [0.2, 0.25) is 0 Å². The van der Waals surface area contributed by atoms with Crippen molar-refractivity contribution in [2.45, 2.75) is 0 Å². The van der Waals surface area contributed by atoms with Gasteiger partial charge in [-0.25, -0.2) is 4.79 Å². The third-order valence-electron chi connectivity index (χ3n) is 2.60. The molecule has 3 rings (SSSR count). The molecule has 0 amide bonds. The van der Waals surface area contributed by atoms with Gasteiger partial charge in [-0.1, -0.05) is 18.2 Å². The molecule has 1 aromatic heterocycles. The zero-order chi connectivity index (χ0) is 11.1. The van der Waals surface area contributed by atoms with Crippen molar-refractivity contribution in [1.82, 2.24) is 0 Å². The molecule has 0 aliphatic carbocycles. The molecule has 1 heterocycles. The second-order valence-corrected chi connectivity index (χ2v) is 3.62. The molecular formula is C13H8O3. The van der Waals surface area contributed by atoms with Gasteiger partial charge in [0.1, 0.15) is 11.3 Å². The van der Waals surface area contributed by atoms with E-state index in [1.54, 1.807) is 18.2 Å². The molecule has 0 radical (unpaired) electrons. The first-order chi connectivity index (χ1) is 7.75. The lowest BCUT2D eigenvalue weighted by atomic mass is 10.1. The normalized spacial score (nSPS) is 11.0. The van der Waals surface area contributed by atoms with Crippen LogP contribution in [0.4, 0.5) is 0 Å². The van der Waals surface area contributed by atoms with Crippen LogP contribution in [0.25, 0.3) is 21.7 Å². The Balaban J connectivity index is 2.65. The van der Waals surface area contributed by atoms with Crippen molar-refractivity contribution >= 4 is 21.7 Å². The average Bonchev–Trinajstić information content (AvgIpc) is 2.29. The lowest BCUT2D eigenvalue weighted by Gasteiger charge is -2.01. The Morgan fingerprint density at radius 2 is 1.75 bits per heavy atom. The third-order valence-corrected chi connectivity index (χ3v) is 2.60. The van der Waals surface area contributed by atoms with Gasteiger partial charge in [-0.15, -0.1) is 0 Å². The average molecular weight is 212 g/mol. The second-order valence-electron chi connectivity index (χ2n) is 3.62. The fourth-order valence-corrected chi connectivity index (χ4v) is 1.87. The van der Waals surface area contributed by atoms with Gasteiger partial charge in [-0.2, -0.15) is 0 Å². The van der Waals surface area contributed by atoms with Gasteiger partial charge in [0.05, 0.1) is 5.39 Å². The fourth-order valence-electron chi connectivity index (χ4n) is 1.87. The van der Waals surface area contributed by atoms with E-state index < -0.39 is 5.63 Å². The van der Waals surface area contributed by atoms with E-state index in [0.29, 0.717) is 11.0 Å². The van der Waals surface area contributed by atoms with Crippen LogP contribution in [0.15, 0.2) is 51.7 Å². The molecule has 0 spiro atoms. The Bertz CT molecular complexity index is 741. The number of phenols is 1. The number of para-hydroxylation sites is 1. The Kier molecular flexibility index (Phi) is 1.74. The first-order valence-corrected chi connectivity index (χ1v) is 4.90. The van der Waals surface area contributed by atoms with E-state index >= 15 is 0 Å². The first-order valence-electron chi connectivity index (χ1n) is 4.90. The molecule has 0 saturated heterocycles. The molecule has 2 aromatic carbocycles. The van der Waals surface area contributed by atoms with Crippen LogP contribution in [0.1, 0.15) is 0 Å². The smallest absolute Gasteiger partial charge is 0.344 e. The van der Waals surface area contributed by atoms with Gasteiger partial charge in [-0.05, 0) is 24.3 Å².